The Morgan fingerprint density at radius 2 is 2.41 bits per heavy atom. The van der Waals surface area contributed by atoms with Crippen LogP contribution in [0.1, 0.15) is 16.1 Å². The number of nitrogens with one attached hydrogen (secondary N) is 1. The Bertz CT molecular complexity index is 499. The molecule has 0 radical (unpaired) electrons. The number of methoxy groups -OCH3 is 1. The molecule has 0 aliphatic heterocycles. The summed E-state index contributed by atoms with van der Waals surface area (Å²) >= 11 is 1.01. The van der Waals surface area contributed by atoms with E-state index in [1.807, 2.05) is 24.3 Å². The molecule has 5 nitrogen and oxygen atoms in total. The summed E-state index contributed by atoms with van der Waals surface area (Å²) < 4.78 is 12.7. The Hall–Kier alpha value is -1.95. The summed E-state index contributed by atoms with van der Waals surface area (Å²) in [5.74, 6) is 0.550. The Morgan fingerprint density at radius 3 is 3.12 bits per heavy atom. The molecular weight excluding hydrogens is 238 g/mol. The highest BCUT2D eigenvalue weighted by molar-refractivity contribution is 6.99. The van der Waals surface area contributed by atoms with Crippen LogP contribution in [0, 0.1) is 0 Å². The van der Waals surface area contributed by atoms with Crippen LogP contribution in [-0.4, -0.2) is 21.8 Å². The number of ether oxygens (including phenoxy) is 1. The van der Waals surface area contributed by atoms with Crippen LogP contribution in [-0.2, 0) is 6.54 Å². The Morgan fingerprint density at radius 1 is 1.53 bits per heavy atom. The maximum absolute atomic E-state index is 11.6. The second-order valence-electron chi connectivity index (χ2n) is 3.33. The summed E-state index contributed by atoms with van der Waals surface area (Å²) in [6.45, 7) is 0.438. The molecule has 2 aromatic rings. The van der Waals surface area contributed by atoms with Crippen LogP contribution in [0.4, 0.5) is 0 Å². The average Bonchev–Trinajstić information content (AvgIpc) is 2.90. The van der Waals surface area contributed by atoms with Gasteiger partial charge >= 0.3 is 0 Å². The number of benzene rings is 1. The van der Waals surface area contributed by atoms with Crippen LogP contribution in [0.5, 0.6) is 5.75 Å². The second kappa shape index (κ2) is 5.40. The van der Waals surface area contributed by atoms with Gasteiger partial charge in [0.1, 0.15) is 5.75 Å². The van der Waals surface area contributed by atoms with Crippen molar-refractivity contribution in [3.05, 3.63) is 41.7 Å². The van der Waals surface area contributed by atoms with Crippen molar-refractivity contribution in [1.29, 1.82) is 0 Å². The van der Waals surface area contributed by atoms with E-state index in [2.05, 4.69) is 14.1 Å². The van der Waals surface area contributed by atoms with Gasteiger partial charge in [0, 0.05) is 6.54 Å². The normalized spacial score (nSPS) is 9.94. The average molecular weight is 249 g/mol. The summed E-state index contributed by atoms with van der Waals surface area (Å²) in [5.41, 5.74) is 1.32. The largest absolute Gasteiger partial charge is 0.497 e. The number of hydrogen-bond donors (Lipinski definition) is 1. The van der Waals surface area contributed by atoms with Gasteiger partial charge in [0.2, 0.25) is 0 Å². The van der Waals surface area contributed by atoms with Crippen molar-refractivity contribution >= 4 is 17.6 Å². The highest BCUT2D eigenvalue weighted by atomic mass is 32.1. The number of aromatic nitrogens is 2. The Balaban J connectivity index is 1.95. The lowest BCUT2D eigenvalue weighted by molar-refractivity contribution is 0.0947. The van der Waals surface area contributed by atoms with Gasteiger partial charge in [-0.25, -0.2) is 0 Å². The van der Waals surface area contributed by atoms with Crippen LogP contribution in [0.15, 0.2) is 30.5 Å². The highest BCUT2D eigenvalue weighted by Gasteiger charge is 2.07. The van der Waals surface area contributed by atoms with Gasteiger partial charge in [-0.1, -0.05) is 12.1 Å². The zero-order valence-electron chi connectivity index (χ0n) is 9.21. The molecule has 88 valence electrons. The Labute approximate surface area is 103 Å². The van der Waals surface area contributed by atoms with E-state index in [9.17, 15) is 4.79 Å². The minimum absolute atomic E-state index is 0.221. The lowest BCUT2D eigenvalue weighted by atomic mass is 10.2. The van der Waals surface area contributed by atoms with Crippen molar-refractivity contribution in [2.24, 2.45) is 0 Å². The standard InChI is InChI=1S/C11H11N3O2S/c1-16-9-4-2-3-8(5-9)6-12-11(15)10-7-13-17-14-10/h2-5,7H,6H2,1H3,(H,12,15). The van der Waals surface area contributed by atoms with Crippen molar-refractivity contribution in [2.75, 3.05) is 7.11 Å². The van der Waals surface area contributed by atoms with E-state index >= 15 is 0 Å². The summed E-state index contributed by atoms with van der Waals surface area (Å²) in [4.78, 5) is 11.6. The predicted octanol–water partition coefficient (Wildman–Crippen LogP) is 1.48. The molecule has 1 amide bonds. The molecule has 2 rings (SSSR count). The monoisotopic (exact) mass is 249 g/mol. The molecule has 0 aliphatic carbocycles. The van der Waals surface area contributed by atoms with Gasteiger partial charge in [0.15, 0.2) is 5.69 Å². The van der Waals surface area contributed by atoms with E-state index in [-0.39, 0.29) is 5.91 Å². The molecule has 0 unspecified atom stereocenters. The number of rotatable bonds is 4. The summed E-state index contributed by atoms with van der Waals surface area (Å²) in [6.07, 6.45) is 1.45. The number of nitrogens with zero attached hydrogens (tertiary/aromatic N) is 2. The van der Waals surface area contributed by atoms with Crippen molar-refractivity contribution < 1.29 is 9.53 Å². The Kier molecular flexibility index (Phi) is 3.66. The smallest absolute Gasteiger partial charge is 0.272 e. The third kappa shape index (κ3) is 3.01. The first-order valence-electron chi connectivity index (χ1n) is 4.98. The van der Waals surface area contributed by atoms with Crippen LogP contribution >= 0.6 is 11.7 Å². The van der Waals surface area contributed by atoms with Crippen molar-refractivity contribution in [2.45, 2.75) is 6.54 Å². The molecule has 0 saturated carbocycles. The van der Waals surface area contributed by atoms with Gasteiger partial charge in [0.25, 0.3) is 5.91 Å². The van der Waals surface area contributed by atoms with Gasteiger partial charge in [0.05, 0.1) is 25.0 Å². The molecule has 0 aliphatic rings. The molecule has 0 spiro atoms. The van der Waals surface area contributed by atoms with Crippen LogP contribution in [0.2, 0.25) is 0 Å². The molecule has 0 atom stereocenters. The van der Waals surface area contributed by atoms with Gasteiger partial charge in [-0.15, -0.1) is 0 Å². The topological polar surface area (TPSA) is 64.1 Å². The van der Waals surface area contributed by atoms with Crippen molar-refractivity contribution in [3.8, 4) is 5.75 Å². The van der Waals surface area contributed by atoms with E-state index in [0.717, 1.165) is 23.0 Å². The lowest BCUT2D eigenvalue weighted by Crippen LogP contribution is -2.22. The van der Waals surface area contributed by atoms with Crippen LogP contribution < -0.4 is 10.1 Å². The molecular formula is C11H11N3O2S. The fraction of sp³-hybridized carbons (Fsp3) is 0.182. The first kappa shape index (κ1) is 11.5. The molecule has 0 saturated heterocycles. The fourth-order valence-electron chi connectivity index (χ4n) is 1.32. The maximum Gasteiger partial charge on any atom is 0.272 e. The zero-order chi connectivity index (χ0) is 12.1. The molecule has 1 N–H and O–H groups in total. The minimum Gasteiger partial charge on any atom is -0.497 e. The molecule has 1 heterocycles. The highest BCUT2D eigenvalue weighted by Crippen LogP contribution is 2.12. The van der Waals surface area contributed by atoms with E-state index in [1.54, 1.807) is 7.11 Å². The predicted molar refractivity (Wildman–Crippen MR) is 64.1 cm³/mol. The minimum atomic E-state index is -0.221. The van der Waals surface area contributed by atoms with Crippen molar-refractivity contribution in [3.63, 3.8) is 0 Å². The number of carbonyl (C=O) groups is 1. The number of hydrogen-bond acceptors (Lipinski definition) is 5. The molecule has 0 bridgehead atoms. The van der Waals surface area contributed by atoms with E-state index < -0.39 is 0 Å². The van der Waals surface area contributed by atoms with E-state index in [1.165, 1.54) is 6.20 Å². The molecule has 0 fully saturated rings. The quantitative estimate of drug-likeness (QED) is 0.891. The third-order valence-corrected chi connectivity index (χ3v) is 2.66. The zero-order valence-corrected chi connectivity index (χ0v) is 10.0. The first-order chi connectivity index (χ1) is 8.29. The SMILES string of the molecule is COc1cccc(CNC(=O)c2cnsn2)c1. The molecule has 1 aromatic carbocycles. The third-order valence-electron chi connectivity index (χ3n) is 2.18. The van der Waals surface area contributed by atoms with E-state index in [4.69, 9.17) is 4.74 Å². The summed E-state index contributed by atoms with van der Waals surface area (Å²) in [6, 6.07) is 7.53. The lowest BCUT2D eigenvalue weighted by Gasteiger charge is -2.05. The molecule has 1 aromatic heterocycles. The van der Waals surface area contributed by atoms with Gasteiger partial charge < -0.3 is 10.1 Å². The van der Waals surface area contributed by atoms with Crippen molar-refractivity contribution in [1.82, 2.24) is 14.1 Å². The molecule has 17 heavy (non-hydrogen) atoms. The maximum atomic E-state index is 11.6. The van der Waals surface area contributed by atoms with Crippen LogP contribution in [0.3, 0.4) is 0 Å². The summed E-state index contributed by atoms with van der Waals surface area (Å²) in [7, 11) is 1.61. The molecule has 6 heteroatoms. The van der Waals surface area contributed by atoms with Gasteiger partial charge in [-0.2, -0.15) is 8.75 Å². The second-order valence-corrected chi connectivity index (χ2v) is 3.88. The van der Waals surface area contributed by atoms with Gasteiger partial charge in [-0.3, -0.25) is 4.79 Å². The van der Waals surface area contributed by atoms with Crippen LogP contribution in [0.25, 0.3) is 0 Å². The number of carbonyl (C=O) groups excluding carboxylic acids is 1. The fourth-order valence-corrected chi connectivity index (χ4v) is 1.73. The first-order valence-corrected chi connectivity index (χ1v) is 5.71. The summed E-state index contributed by atoms with van der Waals surface area (Å²) in [5, 5.41) is 2.76. The van der Waals surface area contributed by atoms with E-state index in [0.29, 0.717) is 12.2 Å². The van der Waals surface area contributed by atoms with Gasteiger partial charge in [-0.05, 0) is 17.7 Å². The number of amides is 1.